The second kappa shape index (κ2) is 5.97. The van der Waals surface area contributed by atoms with Crippen molar-refractivity contribution in [2.75, 3.05) is 12.5 Å². The molecular formula is C12H12BrN3OS. The van der Waals surface area contributed by atoms with Crippen molar-refractivity contribution in [3.8, 4) is 5.75 Å². The molecule has 2 rings (SSSR count). The van der Waals surface area contributed by atoms with Crippen LogP contribution in [0.15, 0.2) is 33.2 Å². The molecule has 2 aromatic rings. The lowest BCUT2D eigenvalue weighted by Gasteiger charge is -2.04. The summed E-state index contributed by atoms with van der Waals surface area (Å²) in [5, 5.41) is 6.89. The van der Waals surface area contributed by atoms with Crippen LogP contribution in [0.25, 0.3) is 0 Å². The molecule has 0 spiro atoms. The summed E-state index contributed by atoms with van der Waals surface area (Å²) in [5.74, 6) is 0.777. The number of benzene rings is 1. The molecule has 0 amide bonds. The van der Waals surface area contributed by atoms with Crippen LogP contribution in [0.2, 0.25) is 0 Å². The maximum absolute atomic E-state index is 5.25. The Bertz CT molecular complexity index is 568. The largest absolute Gasteiger partial charge is 0.496 e. The van der Waals surface area contributed by atoms with E-state index in [1.807, 2.05) is 30.5 Å². The predicted molar refractivity (Wildman–Crippen MR) is 78.8 cm³/mol. The SMILES string of the molecule is COc1ccc(Br)cc1C=NNc1nc(C)cs1. The Morgan fingerprint density at radius 3 is 3.00 bits per heavy atom. The summed E-state index contributed by atoms with van der Waals surface area (Å²) in [5.41, 5.74) is 4.77. The van der Waals surface area contributed by atoms with Gasteiger partial charge in [-0.2, -0.15) is 5.10 Å². The van der Waals surface area contributed by atoms with E-state index in [4.69, 9.17) is 4.74 Å². The van der Waals surface area contributed by atoms with Crippen molar-refractivity contribution in [1.82, 2.24) is 4.98 Å². The molecule has 18 heavy (non-hydrogen) atoms. The van der Waals surface area contributed by atoms with Gasteiger partial charge >= 0.3 is 0 Å². The van der Waals surface area contributed by atoms with Gasteiger partial charge in [-0.15, -0.1) is 11.3 Å². The van der Waals surface area contributed by atoms with Crippen LogP contribution in [-0.2, 0) is 0 Å². The van der Waals surface area contributed by atoms with Gasteiger partial charge in [0.25, 0.3) is 0 Å². The second-order valence-electron chi connectivity index (χ2n) is 3.55. The number of halogens is 1. The highest BCUT2D eigenvalue weighted by Crippen LogP contribution is 2.21. The van der Waals surface area contributed by atoms with E-state index in [0.29, 0.717) is 0 Å². The first-order valence-corrected chi connectivity index (χ1v) is 6.91. The van der Waals surface area contributed by atoms with Crippen LogP contribution in [0.3, 0.4) is 0 Å². The Hall–Kier alpha value is -1.40. The fraction of sp³-hybridized carbons (Fsp3) is 0.167. The molecular weight excluding hydrogens is 314 g/mol. The van der Waals surface area contributed by atoms with E-state index < -0.39 is 0 Å². The van der Waals surface area contributed by atoms with Crippen molar-refractivity contribution in [3.05, 3.63) is 39.3 Å². The molecule has 6 heteroatoms. The summed E-state index contributed by atoms with van der Waals surface area (Å²) in [6, 6.07) is 5.75. The molecule has 0 aliphatic heterocycles. The molecule has 4 nitrogen and oxygen atoms in total. The number of nitrogens with zero attached hydrogens (tertiary/aromatic N) is 2. The van der Waals surface area contributed by atoms with E-state index in [-0.39, 0.29) is 0 Å². The van der Waals surface area contributed by atoms with Crippen molar-refractivity contribution in [2.45, 2.75) is 6.92 Å². The monoisotopic (exact) mass is 325 g/mol. The number of anilines is 1. The molecule has 0 aliphatic carbocycles. The standard InChI is InChI=1S/C12H12BrN3OS/c1-8-7-18-12(15-8)16-14-6-9-5-10(13)3-4-11(9)17-2/h3-7H,1-2H3,(H,15,16). The third-order valence-electron chi connectivity index (χ3n) is 2.17. The first-order valence-electron chi connectivity index (χ1n) is 5.24. The zero-order valence-corrected chi connectivity index (χ0v) is 12.4. The molecule has 94 valence electrons. The van der Waals surface area contributed by atoms with Gasteiger partial charge in [0, 0.05) is 15.4 Å². The van der Waals surface area contributed by atoms with Gasteiger partial charge in [0.15, 0.2) is 0 Å². The molecule has 1 aromatic heterocycles. The molecule has 0 unspecified atom stereocenters. The van der Waals surface area contributed by atoms with Crippen LogP contribution in [0.1, 0.15) is 11.3 Å². The third-order valence-corrected chi connectivity index (χ3v) is 3.53. The van der Waals surface area contributed by atoms with Crippen molar-refractivity contribution in [1.29, 1.82) is 0 Å². The van der Waals surface area contributed by atoms with Gasteiger partial charge in [0.2, 0.25) is 5.13 Å². The topological polar surface area (TPSA) is 46.5 Å². The molecule has 0 bridgehead atoms. The van der Waals surface area contributed by atoms with Crippen LogP contribution in [-0.4, -0.2) is 18.3 Å². The van der Waals surface area contributed by atoms with Gasteiger partial charge in [0.1, 0.15) is 5.75 Å². The first-order chi connectivity index (χ1) is 8.69. The highest BCUT2D eigenvalue weighted by molar-refractivity contribution is 9.10. The van der Waals surface area contributed by atoms with Gasteiger partial charge < -0.3 is 4.74 Å². The zero-order valence-electron chi connectivity index (χ0n) is 9.98. The number of rotatable bonds is 4. The van der Waals surface area contributed by atoms with Gasteiger partial charge in [-0.05, 0) is 25.1 Å². The number of aryl methyl sites for hydroxylation is 1. The number of thiazole rings is 1. The van der Waals surface area contributed by atoms with E-state index in [1.54, 1.807) is 13.3 Å². The third kappa shape index (κ3) is 3.30. The van der Waals surface area contributed by atoms with Crippen LogP contribution in [0.5, 0.6) is 5.75 Å². The predicted octanol–water partition coefficient (Wildman–Crippen LogP) is 3.67. The minimum Gasteiger partial charge on any atom is -0.496 e. The average Bonchev–Trinajstić information content (AvgIpc) is 2.75. The highest BCUT2D eigenvalue weighted by atomic mass is 79.9. The molecule has 0 fully saturated rings. The van der Waals surface area contributed by atoms with Crippen molar-refractivity contribution >= 4 is 38.6 Å². The molecule has 0 aliphatic rings. The molecule has 0 saturated carbocycles. The molecule has 1 heterocycles. The summed E-state index contributed by atoms with van der Waals surface area (Å²) >= 11 is 4.94. The number of hydrazone groups is 1. The number of nitrogens with one attached hydrogen (secondary N) is 1. The average molecular weight is 326 g/mol. The van der Waals surface area contributed by atoms with E-state index in [1.165, 1.54) is 11.3 Å². The Morgan fingerprint density at radius 2 is 2.33 bits per heavy atom. The highest BCUT2D eigenvalue weighted by Gasteiger charge is 2.01. The second-order valence-corrected chi connectivity index (χ2v) is 5.32. The lowest BCUT2D eigenvalue weighted by molar-refractivity contribution is 0.414. The lowest BCUT2D eigenvalue weighted by atomic mass is 10.2. The van der Waals surface area contributed by atoms with Crippen LogP contribution >= 0.6 is 27.3 Å². The quantitative estimate of drug-likeness (QED) is 0.689. The Kier molecular flexibility index (Phi) is 4.33. The molecule has 0 atom stereocenters. The van der Waals surface area contributed by atoms with Gasteiger partial charge in [-0.1, -0.05) is 15.9 Å². The summed E-state index contributed by atoms with van der Waals surface area (Å²) in [6.07, 6.45) is 1.71. The van der Waals surface area contributed by atoms with E-state index in [9.17, 15) is 0 Å². The Balaban J connectivity index is 2.11. The first kappa shape index (κ1) is 13.0. The van der Waals surface area contributed by atoms with E-state index in [0.717, 1.165) is 26.6 Å². The number of ether oxygens (including phenoxy) is 1. The van der Waals surface area contributed by atoms with Crippen molar-refractivity contribution < 1.29 is 4.74 Å². The molecule has 0 saturated heterocycles. The number of methoxy groups -OCH3 is 1. The maximum atomic E-state index is 5.25. The fourth-order valence-electron chi connectivity index (χ4n) is 1.37. The fourth-order valence-corrected chi connectivity index (χ4v) is 2.38. The van der Waals surface area contributed by atoms with Crippen LogP contribution in [0.4, 0.5) is 5.13 Å². The molecule has 1 aromatic carbocycles. The Morgan fingerprint density at radius 1 is 1.50 bits per heavy atom. The molecule has 0 radical (unpaired) electrons. The lowest BCUT2D eigenvalue weighted by Crippen LogP contribution is -1.94. The summed E-state index contributed by atoms with van der Waals surface area (Å²) in [7, 11) is 1.64. The minimum absolute atomic E-state index is 0.776. The smallest absolute Gasteiger partial charge is 0.203 e. The zero-order chi connectivity index (χ0) is 13.0. The van der Waals surface area contributed by atoms with Crippen LogP contribution < -0.4 is 10.2 Å². The number of hydrogen-bond donors (Lipinski definition) is 1. The number of aromatic nitrogens is 1. The molecule has 1 N–H and O–H groups in total. The van der Waals surface area contributed by atoms with Gasteiger partial charge in [-0.3, -0.25) is 5.43 Å². The van der Waals surface area contributed by atoms with Crippen LogP contribution in [0, 0.1) is 6.92 Å². The number of hydrogen-bond acceptors (Lipinski definition) is 5. The van der Waals surface area contributed by atoms with E-state index in [2.05, 4.69) is 31.4 Å². The van der Waals surface area contributed by atoms with E-state index >= 15 is 0 Å². The summed E-state index contributed by atoms with van der Waals surface area (Å²) < 4.78 is 6.24. The summed E-state index contributed by atoms with van der Waals surface area (Å²) in [4.78, 5) is 4.26. The van der Waals surface area contributed by atoms with Crippen molar-refractivity contribution in [3.63, 3.8) is 0 Å². The summed E-state index contributed by atoms with van der Waals surface area (Å²) in [6.45, 7) is 1.95. The maximum Gasteiger partial charge on any atom is 0.203 e. The van der Waals surface area contributed by atoms with Gasteiger partial charge in [-0.25, -0.2) is 4.98 Å². The normalized spacial score (nSPS) is 10.8. The van der Waals surface area contributed by atoms with Gasteiger partial charge in [0.05, 0.1) is 19.0 Å². The minimum atomic E-state index is 0.776. The van der Waals surface area contributed by atoms with Crippen molar-refractivity contribution in [2.24, 2.45) is 5.10 Å². The Labute approximate surface area is 118 Å².